The molecular weight excluding hydrogens is 274 g/mol. The summed E-state index contributed by atoms with van der Waals surface area (Å²) in [5.41, 5.74) is 1.34. The van der Waals surface area contributed by atoms with Crippen molar-refractivity contribution >= 4 is 27.3 Å². The summed E-state index contributed by atoms with van der Waals surface area (Å²) in [7, 11) is 0. The zero-order valence-electron chi connectivity index (χ0n) is 8.88. The lowest BCUT2D eigenvalue weighted by Gasteiger charge is -2.22. The first kappa shape index (κ1) is 11.6. The van der Waals surface area contributed by atoms with Crippen LogP contribution in [0.25, 0.3) is 0 Å². The molecule has 1 fully saturated rings. The highest BCUT2D eigenvalue weighted by Gasteiger charge is 2.13. The van der Waals surface area contributed by atoms with Crippen LogP contribution in [0, 0.1) is 6.92 Å². The highest BCUT2D eigenvalue weighted by atomic mass is 79.9. The zero-order valence-corrected chi connectivity index (χ0v) is 11.3. The molecule has 0 aliphatic carbocycles. The number of nitrogens with one attached hydrogen (secondary N) is 1. The van der Waals surface area contributed by atoms with E-state index in [2.05, 4.69) is 34.2 Å². The van der Waals surface area contributed by atoms with E-state index in [-0.39, 0.29) is 0 Å². The van der Waals surface area contributed by atoms with E-state index in [0.29, 0.717) is 6.04 Å². The van der Waals surface area contributed by atoms with E-state index in [1.165, 1.54) is 14.2 Å². The number of ether oxygens (including phenoxy) is 1. The molecule has 0 amide bonds. The van der Waals surface area contributed by atoms with Crippen LogP contribution in [-0.2, 0) is 11.3 Å². The number of aryl methyl sites for hydroxylation is 1. The maximum atomic E-state index is 5.33. The average Bonchev–Trinajstić information content (AvgIpc) is 2.57. The van der Waals surface area contributed by atoms with Gasteiger partial charge in [0.1, 0.15) is 0 Å². The largest absolute Gasteiger partial charge is 0.381 e. The van der Waals surface area contributed by atoms with Gasteiger partial charge in [-0.2, -0.15) is 0 Å². The summed E-state index contributed by atoms with van der Waals surface area (Å²) >= 11 is 5.38. The topological polar surface area (TPSA) is 21.3 Å². The van der Waals surface area contributed by atoms with Gasteiger partial charge in [-0.15, -0.1) is 11.3 Å². The molecule has 0 radical (unpaired) electrons. The van der Waals surface area contributed by atoms with Crippen molar-refractivity contribution in [3.63, 3.8) is 0 Å². The molecule has 15 heavy (non-hydrogen) atoms. The second kappa shape index (κ2) is 5.43. The molecule has 0 bridgehead atoms. The van der Waals surface area contributed by atoms with E-state index in [0.717, 1.165) is 32.6 Å². The fraction of sp³-hybridized carbons (Fsp3) is 0.636. The lowest BCUT2D eigenvalue weighted by Crippen LogP contribution is -2.34. The van der Waals surface area contributed by atoms with Gasteiger partial charge in [0.25, 0.3) is 0 Å². The Morgan fingerprint density at radius 3 is 2.87 bits per heavy atom. The first-order chi connectivity index (χ1) is 7.25. The third kappa shape index (κ3) is 3.28. The molecular formula is C11H16BrNOS. The Labute approximate surface area is 103 Å². The van der Waals surface area contributed by atoms with Gasteiger partial charge in [-0.25, -0.2) is 0 Å². The summed E-state index contributed by atoms with van der Waals surface area (Å²) in [5, 5.41) is 3.59. The highest BCUT2D eigenvalue weighted by Crippen LogP contribution is 2.27. The third-order valence-electron chi connectivity index (χ3n) is 2.69. The first-order valence-corrected chi connectivity index (χ1v) is 6.92. The minimum Gasteiger partial charge on any atom is -0.381 e. The second-order valence-electron chi connectivity index (χ2n) is 3.94. The van der Waals surface area contributed by atoms with Crippen LogP contribution in [0.3, 0.4) is 0 Å². The van der Waals surface area contributed by atoms with Gasteiger partial charge in [0.05, 0.1) is 3.79 Å². The Kier molecular flexibility index (Phi) is 4.20. The van der Waals surface area contributed by atoms with Gasteiger partial charge < -0.3 is 10.1 Å². The molecule has 2 nitrogen and oxygen atoms in total. The van der Waals surface area contributed by atoms with Crippen molar-refractivity contribution in [3.05, 3.63) is 20.3 Å². The van der Waals surface area contributed by atoms with Gasteiger partial charge >= 0.3 is 0 Å². The van der Waals surface area contributed by atoms with E-state index in [1.54, 1.807) is 0 Å². The average molecular weight is 290 g/mol. The number of hydrogen-bond donors (Lipinski definition) is 1. The minimum atomic E-state index is 0.639. The van der Waals surface area contributed by atoms with Crippen LogP contribution >= 0.6 is 27.3 Å². The van der Waals surface area contributed by atoms with Crippen molar-refractivity contribution in [2.45, 2.75) is 32.4 Å². The highest BCUT2D eigenvalue weighted by molar-refractivity contribution is 9.11. The predicted molar refractivity (Wildman–Crippen MR) is 67.4 cm³/mol. The molecule has 1 aromatic heterocycles. The number of thiophene rings is 1. The van der Waals surface area contributed by atoms with E-state index < -0.39 is 0 Å². The lowest BCUT2D eigenvalue weighted by atomic mass is 10.1. The molecule has 1 saturated heterocycles. The molecule has 1 aliphatic rings. The van der Waals surface area contributed by atoms with Crippen LogP contribution in [0.15, 0.2) is 9.85 Å². The van der Waals surface area contributed by atoms with Crippen LogP contribution < -0.4 is 5.32 Å². The van der Waals surface area contributed by atoms with Gasteiger partial charge in [0.15, 0.2) is 0 Å². The van der Waals surface area contributed by atoms with Gasteiger partial charge in [0, 0.05) is 30.7 Å². The van der Waals surface area contributed by atoms with Crippen LogP contribution in [-0.4, -0.2) is 19.3 Å². The van der Waals surface area contributed by atoms with Crippen molar-refractivity contribution < 1.29 is 4.74 Å². The van der Waals surface area contributed by atoms with E-state index in [1.807, 2.05) is 11.3 Å². The Bertz CT molecular complexity index is 301. The standard InChI is InChI=1S/C11H16BrNOS/c1-8-6-10(15-11(8)12)7-13-9-2-4-14-5-3-9/h6,9,13H,2-5,7H2,1H3. The molecule has 0 atom stereocenters. The summed E-state index contributed by atoms with van der Waals surface area (Å²) in [5.74, 6) is 0. The number of hydrogen-bond acceptors (Lipinski definition) is 3. The lowest BCUT2D eigenvalue weighted by molar-refractivity contribution is 0.0777. The second-order valence-corrected chi connectivity index (χ2v) is 6.39. The Morgan fingerprint density at radius 1 is 1.53 bits per heavy atom. The molecule has 1 aliphatic heterocycles. The quantitative estimate of drug-likeness (QED) is 0.923. The fourth-order valence-electron chi connectivity index (χ4n) is 1.76. The van der Waals surface area contributed by atoms with Gasteiger partial charge in [-0.3, -0.25) is 0 Å². The third-order valence-corrected chi connectivity index (χ3v) is 4.83. The molecule has 0 saturated carbocycles. The molecule has 0 spiro atoms. The van der Waals surface area contributed by atoms with Gasteiger partial charge in [0.2, 0.25) is 0 Å². The number of rotatable bonds is 3. The van der Waals surface area contributed by atoms with Crippen LogP contribution in [0.1, 0.15) is 23.3 Å². The monoisotopic (exact) mass is 289 g/mol. The first-order valence-electron chi connectivity index (χ1n) is 5.31. The Balaban J connectivity index is 1.81. The van der Waals surface area contributed by atoms with Crippen LogP contribution in [0.5, 0.6) is 0 Å². The maximum Gasteiger partial charge on any atom is 0.0730 e. The van der Waals surface area contributed by atoms with Gasteiger partial charge in [-0.1, -0.05) is 0 Å². The molecule has 84 valence electrons. The normalized spacial score (nSPS) is 18.3. The van der Waals surface area contributed by atoms with Crippen LogP contribution in [0.4, 0.5) is 0 Å². The zero-order chi connectivity index (χ0) is 10.7. The SMILES string of the molecule is Cc1cc(CNC2CCOCC2)sc1Br. The van der Waals surface area contributed by atoms with Crippen molar-refractivity contribution in [2.75, 3.05) is 13.2 Å². The molecule has 2 heterocycles. The summed E-state index contributed by atoms with van der Waals surface area (Å²) in [6, 6.07) is 2.89. The van der Waals surface area contributed by atoms with Crippen LogP contribution in [0.2, 0.25) is 0 Å². The minimum absolute atomic E-state index is 0.639. The fourth-order valence-corrected chi connectivity index (χ4v) is 3.34. The van der Waals surface area contributed by atoms with E-state index >= 15 is 0 Å². The molecule has 0 unspecified atom stereocenters. The van der Waals surface area contributed by atoms with Crippen molar-refractivity contribution in [1.82, 2.24) is 5.32 Å². The Morgan fingerprint density at radius 2 is 2.27 bits per heavy atom. The number of halogens is 1. The smallest absolute Gasteiger partial charge is 0.0730 e. The summed E-state index contributed by atoms with van der Waals surface area (Å²) in [6.07, 6.45) is 2.29. The van der Waals surface area contributed by atoms with Crippen molar-refractivity contribution in [2.24, 2.45) is 0 Å². The van der Waals surface area contributed by atoms with E-state index in [9.17, 15) is 0 Å². The maximum absolute atomic E-state index is 5.33. The molecule has 1 aromatic rings. The molecule has 0 aromatic carbocycles. The summed E-state index contributed by atoms with van der Waals surface area (Å²) in [6.45, 7) is 4.94. The molecule has 2 rings (SSSR count). The summed E-state index contributed by atoms with van der Waals surface area (Å²) < 4.78 is 6.59. The molecule has 4 heteroatoms. The van der Waals surface area contributed by atoms with Crippen molar-refractivity contribution in [1.29, 1.82) is 0 Å². The predicted octanol–water partition coefficient (Wildman–Crippen LogP) is 3.09. The van der Waals surface area contributed by atoms with Gasteiger partial charge in [-0.05, 0) is 47.3 Å². The Hall–Kier alpha value is 0.100. The molecule has 1 N–H and O–H groups in total. The van der Waals surface area contributed by atoms with E-state index in [4.69, 9.17) is 4.74 Å². The van der Waals surface area contributed by atoms with Crippen molar-refractivity contribution in [3.8, 4) is 0 Å². The summed E-state index contributed by atoms with van der Waals surface area (Å²) in [4.78, 5) is 1.41.